The van der Waals surface area contributed by atoms with Crippen molar-refractivity contribution in [1.29, 1.82) is 0 Å². The van der Waals surface area contributed by atoms with Gasteiger partial charge in [-0.05, 0) is 18.2 Å². The van der Waals surface area contributed by atoms with E-state index >= 15 is 0 Å². The summed E-state index contributed by atoms with van der Waals surface area (Å²) in [6, 6.07) is 6.79. The molecule has 0 aromatic carbocycles. The fourth-order valence-electron chi connectivity index (χ4n) is 2.57. The Morgan fingerprint density at radius 1 is 1.21 bits per heavy atom. The second-order valence-corrected chi connectivity index (χ2v) is 5.44. The van der Waals surface area contributed by atoms with Crippen LogP contribution in [0.2, 0.25) is 0 Å². The normalized spacial score (nSPS) is 15.2. The molecule has 126 valence electrons. The van der Waals surface area contributed by atoms with Crippen LogP contribution in [0.25, 0.3) is 11.3 Å². The maximum atomic E-state index is 11.2. The summed E-state index contributed by atoms with van der Waals surface area (Å²) in [5.74, 6) is 0.294. The minimum atomic E-state index is -0.416. The van der Waals surface area contributed by atoms with E-state index in [4.69, 9.17) is 4.74 Å². The third kappa shape index (κ3) is 4.03. The lowest BCUT2D eigenvalue weighted by Crippen LogP contribution is -2.39. The zero-order valence-corrected chi connectivity index (χ0v) is 13.2. The first kappa shape index (κ1) is 16.3. The van der Waals surface area contributed by atoms with Crippen molar-refractivity contribution in [3.63, 3.8) is 0 Å². The molecule has 8 nitrogen and oxygen atoms in total. The summed E-state index contributed by atoms with van der Waals surface area (Å²) >= 11 is 0. The Hall–Kier alpha value is -2.58. The number of morpholine rings is 1. The molecule has 0 aliphatic carbocycles. The average Bonchev–Trinajstić information content (AvgIpc) is 2.63. The van der Waals surface area contributed by atoms with Crippen molar-refractivity contribution in [1.82, 2.24) is 14.9 Å². The SMILES string of the molecule is O=[N+]([O-])c1ccc(-c2ccncc2)nc1NCCN1CCOCC1. The van der Waals surface area contributed by atoms with E-state index in [0.29, 0.717) is 18.1 Å². The molecule has 2 aromatic rings. The van der Waals surface area contributed by atoms with E-state index in [0.717, 1.165) is 38.4 Å². The summed E-state index contributed by atoms with van der Waals surface area (Å²) in [5.41, 5.74) is 1.53. The molecular weight excluding hydrogens is 310 g/mol. The summed E-state index contributed by atoms with van der Waals surface area (Å²) < 4.78 is 5.31. The number of anilines is 1. The van der Waals surface area contributed by atoms with E-state index in [-0.39, 0.29) is 5.69 Å². The topological polar surface area (TPSA) is 93.4 Å². The van der Waals surface area contributed by atoms with E-state index in [2.05, 4.69) is 20.2 Å². The lowest BCUT2D eigenvalue weighted by molar-refractivity contribution is -0.384. The monoisotopic (exact) mass is 329 g/mol. The molecule has 0 amide bonds. The van der Waals surface area contributed by atoms with E-state index in [9.17, 15) is 10.1 Å². The first-order valence-corrected chi connectivity index (χ1v) is 7.84. The number of hydrogen-bond donors (Lipinski definition) is 1. The van der Waals surface area contributed by atoms with Gasteiger partial charge in [0, 0.05) is 50.2 Å². The fraction of sp³-hybridized carbons (Fsp3) is 0.375. The number of nitrogens with zero attached hydrogens (tertiary/aromatic N) is 4. The summed E-state index contributed by atoms with van der Waals surface area (Å²) in [7, 11) is 0. The minimum absolute atomic E-state index is 0.0187. The average molecular weight is 329 g/mol. The van der Waals surface area contributed by atoms with Crippen LogP contribution >= 0.6 is 0 Å². The highest BCUT2D eigenvalue weighted by atomic mass is 16.6. The Kier molecular flexibility index (Phi) is 5.29. The van der Waals surface area contributed by atoms with Crippen molar-refractivity contribution in [3.05, 3.63) is 46.8 Å². The predicted octanol–water partition coefficient (Wildman–Crippen LogP) is 1.80. The molecule has 0 spiro atoms. The van der Waals surface area contributed by atoms with E-state index < -0.39 is 4.92 Å². The molecule has 1 N–H and O–H groups in total. The smallest absolute Gasteiger partial charge is 0.311 e. The maximum absolute atomic E-state index is 11.2. The van der Waals surface area contributed by atoms with Gasteiger partial charge in [0.05, 0.1) is 23.8 Å². The summed E-state index contributed by atoms with van der Waals surface area (Å²) in [6.45, 7) is 4.61. The highest BCUT2D eigenvalue weighted by Crippen LogP contribution is 2.26. The van der Waals surface area contributed by atoms with Gasteiger partial charge in [0.2, 0.25) is 5.82 Å². The van der Waals surface area contributed by atoms with Gasteiger partial charge in [-0.25, -0.2) is 4.98 Å². The molecule has 8 heteroatoms. The second-order valence-electron chi connectivity index (χ2n) is 5.44. The quantitative estimate of drug-likeness (QED) is 0.638. The van der Waals surface area contributed by atoms with Crippen LogP contribution in [-0.2, 0) is 4.74 Å². The van der Waals surface area contributed by atoms with Crippen molar-refractivity contribution in [3.8, 4) is 11.3 Å². The highest BCUT2D eigenvalue weighted by molar-refractivity contribution is 5.66. The zero-order valence-electron chi connectivity index (χ0n) is 13.2. The van der Waals surface area contributed by atoms with Gasteiger partial charge in [0.25, 0.3) is 0 Å². The molecule has 1 saturated heterocycles. The predicted molar refractivity (Wildman–Crippen MR) is 89.9 cm³/mol. The summed E-state index contributed by atoms with van der Waals surface area (Å²) in [5, 5.41) is 14.3. The van der Waals surface area contributed by atoms with Gasteiger partial charge in [-0.15, -0.1) is 0 Å². The van der Waals surface area contributed by atoms with Gasteiger partial charge in [-0.3, -0.25) is 20.0 Å². The molecular formula is C16H19N5O3. The van der Waals surface area contributed by atoms with E-state index in [1.807, 2.05) is 12.1 Å². The summed E-state index contributed by atoms with van der Waals surface area (Å²) in [6.07, 6.45) is 3.34. The molecule has 3 rings (SSSR count). The Morgan fingerprint density at radius 3 is 2.67 bits per heavy atom. The van der Waals surface area contributed by atoms with Gasteiger partial charge < -0.3 is 10.1 Å². The molecule has 0 atom stereocenters. The first-order valence-electron chi connectivity index (χ1n) is 7.84. The minimum Gasteiger partial charge on any atom is -0.379 e. The third-order valence-electron chi connectivity index (χ3n) is 3.87. The largest absolute Gasteiger partial charge is 0.379 e. The molecule has 3 heterocycles. The highest BCUT2D eigenvalue weighted by Gasteiger charge is 2.17. The standard InChI is InChI=1S/C16H19N5O3/c22-21(23)15-2-1-14(13-3-5-17-6-4-13)19-16(15)18-7-8-20-9-11-24-12-10-20/h1-6H,7-12H2,(H,18,19). The Balaban J connectivity index is 1.72. The Morgan fingerprint density at radius 2 is 1.96 bits per heavy atom. The lowest BCUT2D eigenvalue weighted by Gasteiger charge is -2.26. The molecule has 1 aliphatic heterocycles. The fourth-order valence-corrected chi connectivity index (χ4v) is 2.57. The van der Waals surface area contributed by atoms with Crippen LogP contribution in [0.15, 0.2) is 36.7 Å². The van der Waals surface area contributed by atoms with Crippen molar-refractivity contribution in [2.45, 2.75) is 0 Å². The second kappa shape index (κ2) is 7.80. The van der Waals surface area contributed by atoms with Crippen LogP contribution in [0.4, 0.5) is 11.5 Å². The summed E-state index contributed by atoms with van der Waals surface area (Å²) in [4.78, 5) is 21.5. The van der Waals surface area contributed by atoms with Crippen molar-refractivity contribution < 1.29 is 9.66 Å². The number of aromatic nitrogens is 2. The number of pyridine rings is 2. The number of nitro groups is 1. The maximum Gasteiger partial charge on any atom is 0.311 e. The van der Waals surface area contributed by atoms with Crippen LogP contribution in [0.5, 0.6) is 0 Å². The van der Waals surface area contributed by atoms with Crippen LogP contribution in [0.3, 0.4) is 0 Å². The lowest BCUT2D eigenvalue weighted by atomic mass is 10.2. The van der Waals surface area contributed by atoms with Gasteiger partial charge in [-0.2, -0.15) is 0 Å². The zero-order chi connectivity index (χ0) is 16.8. The first-order chi connectivity index (χ1) is 11.7. The molecule has 1 fully saturated rings. The van der Waals surface area contributed by atoms with Gasteiger partial charge in [0.15, 0.2) is 0 Å². The molecule has 0 radical (unpaired) electrons. The Labute approximate surface area is 139 Å². The molecule has 24 heavy (non-hydrogen) atoms. The van der Waals surface area contributed by atoms with Crippen LogP contribution in [-0.4, -0.2) is 59.2 Å². The number of ether oxygens (including phenoxy) is 1. The van der Waals surface area contributed by atoms with Gasteiger partial charge in [0.1, 0.15) is 0 Å². The molecule has 0 bridgehead atoms. The van der Waals surface area contributed by atoms with Gasteiger partial charge >= 0.3 is 5.69 Å². The molecule has 0 saturated carbocycles. The van der Waals surface area contributed by atoms with Crippen LogP contribution in [0.1, 0.15) is 0 Å². The number of rotatable bonds is 6. The van der Waals surface area contributed by atoms with Crippen molar-refractivity contribution in [2.24, 2.45) is 0 Å². The molecule has 2 aromatic heterocycles. The molecule has 1 aliphatic rings. The van der Waals surface area contributed by atoms with Crippen LogP contribution in [0, 0.1) is 10.1 Å². The Bertz CT molecular complexity index is 689. The number of hydrogen-bond acceptors (Lipinski definition) is 7. The third-order valence-corrected chi connectivity index (χ3v) is 3.87. The van der Waals surface area contributed by atoms with Gasteiger partial charge in [-0.1, -0.05) is 0 Å². The molecule has 0 unspecified atom stereocenters. The van der Waals surface area contributed by atoms with E-state index in [1.54, 1.807) is 18.5 Å². The van der Waals surface area contributed by atoms with Crippen LogP contribution < -0.4 is 5.32 Å². The number of nitrogens with one attached hydrogen (secondary N) is 1. The van der Waals surface area contributed by atoms with Crippen molar-refractivity contribution in [2.75, 3.05) is 44.7 Å². The van der Waals surface area contributed by atoms with Crippen molar-refractivity contribution >= 4 is 11.5 Å². The van der Waals surface area contributed by atoms with E-state index in [1.165, 1.54) is 6.07 Å².